The molecule has 1 atom stereocenters. The number of benzene rings is 3. The molecule has 42 heavy (non-hydrogen) atoms. The van der Waals surface area contributed by atoms with Crippen molar-refractivity contribution in [1.29, 1.82) is 0 Å². The molecule has 10 heteroatoms. The maximum Gasteiger partial charge on any atom is 0.413 e. The minimum Gasteiger partial charge on any atom is -0.465 e. The Kier molecular flexibility index (Phi) is 8.61. The summed E-state index contributed by atoms with van der Waals surface area (Å²) in [6.45, 7) is 9.59. The summed E-state index contributed by atoms with van der Waals surface area (Å²) in [5.41, 5.74) is 5.33. The zero-order chi connectivity index (χ0) is 30.0. The summed E-state index contributed by atoms with van der Waals surface area (Å²) in [5, 5.41) is 14.1. The van der Waals surface area contributed by atoms with Crippen LogP contribution in [0.1, 0.15) is 33.9 Å². The third-order valence-electron chi connectivity index (χ3n) is 7.59. The van der Waals surface area contributed by atoms with E-state index in [0.29, 0.717) is 10.6 Å². The third kappa shape index (κ3) is 6.32. The van der Waals surface area contributed by atoms with Crippen molar-refractivity contribution >= 4 is 40.8 Å². The van der Waals surface area contributed by atoms with E-state index in [1.54, 1.807) is 0 Å². The molecule has 0 radical (unpaired) electrons. The lowest BCUT2D eigenvalue weighted by atomic mass is 9.88. The van der Waals surface area contributed by atoms with Crippen molar-refractivity contribution in [3.05, 3.63) is 106 Å². The number of hydrogen-bond acceptors (Lipinski definition) is 6. The smallest absolute Gasteiger partial charge is 0.413 e. The van der Waals surface area contributed by atoms with E-state index in [4.69, 9.17) is 11.6 Å². The second-order valence-electron chi connectivity index (χ2n) is 10.7. The van der Waals surface area contributed by atoms with Crippen molar-refractivity contribution in [2.45, 2.75) is 26.8 Å². The van der Waals surface area contributed by atoms with Crippen molar-refractivity contribution in [3.63, 3.8) is 0 Å². The number of nitrogens with one attached hydrogen (secondary N) is 1. The lowest BCUT2D eigenvalue weighted by Gasteiger charge is -2.34. The van der Waals surface area contributed by atoms with E-state index in [-0.39, 0.29) is 17.3 Å². The Bertz CT molecular complexity index is 1580. The number of nitrogens with zero attached hydrogens (tertiary/aromatic N) is 5. The average Bonchev–Trinajstić information content (AvgIpc) is 2.94. The van der Waals surface area contributed by atoms with Crippen LogP contribution in [0.2, 0.25) is 5.02 Å². The summed E-state index contributed by atoms with van der Waals surface area (Å²) in [4.78, 5) is 27.6. The van der Waals surface area contributed by atoms with E-state index in [1.165, 1.54) is 30.5 Å². The summed E-state index contributed by atoms with van der Waals surface area (Å²) in [5.74, 6) is -0.251. The standard InChI is InChI=1S/C32H34ClFN6O2/c1-20-16-21(2)29(22(3)17-20)30(26-18-23(33)8-9-27(26)34)40(32(41)42)28-10-11-35-31(37-28)36-24-6-5-7-25(19-24)39-14-12-38(4)13-15-39/h5-11,16-19,30H,12-15H2,1-4H3,(H,41,42)(H,35,36,37). The SMILES string of the molecule is Cc1cc(C)c(C(c2cc(Cl)ccc2F)N(C(=O)O)c2ccnc(Nc3cccc(N4CCN(C)CC4)c3)n2)c(C)c1. The van der Waals surface area contributed by atoms with Gasteiger partial charge in [0.05, 0.1) is 6.04 Å². The van der Waals surface area contributed by atoms with Gasteiger partial charge in [-0.3, -0.25) is 0 Å². The van der Waals surface area contributed by atoms with Crippen LogP contribution < -0.4 is 15.1 Å². The highest BCUT2D eigenvalue weighted by molar-refractivity contribution is 6.30. The number of carboxylic acid groups (broad SMARTS) is 1. The molecule has 0 bridgehead atoms. The fourth-order valence-corrected chi connectivity index (χ4v) is 5.81. The molecule has 1 aromatic heterocycles. The number of likely N-dealkylation sites (N-methyl/N-ethyl adjacent to an activating group) is 1. The van der Waals surface area contributed by atoms with Crippen molar-refractivity contribution in [1.82, 2.24) is 14.9 Å². The van der Waals surface area contributed by atoms with Crippen LogP contribution in [-0.2, 0) is 0 Å². The van der Waals surface area contributed by atoms with E-state index >= 15 is 4.39 Å². The van der Waals surface area contributed by atoms with E-state index in [9.17, 15) is 9.90 Å². The molecule has 0 spiro atoms. The summed E-state index contributed by atoms with van der Waals surface area (Å²) < 4.78 is 15.4. The predicted octanol–water partition coefficient (Wildman–Crippen LogP) is 6.96. The molecule has 8 nitrogen and oxygen atoms in total. The highest BCUT2D eigenvalue weighted by Crippen LogP contribution is 2.38. The Morgan fingerprint density at radius 1 is 1.02 bits per heavy atom. The number of carbonyl (C=O) groups is 1. The monoisotopic (exact) mass is 588 g/mol. The van der Waals surface area contributed by atoms with Crippen molar-refractivity contribution in [2.75, 3.05) is 48.3 Å². The van der Waals surface area contributed by atoms with Crippen LogP contribution in [-0.4, -0.2) is 59.3 Å². The topological polar surface area (TPSA) is 84.8 Å². The maximum atomic E-state index is 15.4. The van der Waals surface area contributed by atoms with Gasteiger partial charge < -0.3 is 20.2 Å². The Hall–Kier alpha value is -4.21. The van der Waals surface area contributed by atoms with Gasteiger partial charge in [0.2, 0.25) is 5.95 Å². The largest absolute Gasteiger partial charge is 0.465 e. The first kappa shape index (κ1) is 29.3. The van der Waals surface area contributed by atoms with Crippen LogP contribution in [0.4, 0.5) is 32.3 Å². The van der Waals surface area contributed by atoms with Crippen molar-refractivity contribution in [2.24, 2.45) is 0 Å². The predicted molar refractivity (Wildman–Crippen MR) is 166 cm³/mol. The molecule has 218 valence electrons. The molecule has 1 amide bonds. The number of halogens is 2. The first-order valence-corrected chi connectivity index (χ1v) is 14.2. The zero-order valence-corrected chi connectivity index (χ0v) is 24.9. The molecular formula is C32H34ClFN6O2. The molecule has 2 N–H and O–H groups in total. The maximum absolute atomic E-state index is 15.4. The average molecular weight is 589 g/mol. The van der Waals surface area contributed by atoms with Crippen molar-refractivity contribution in [3.8, 4) is 0 Å². The quantitative estimate of drug-likeness (QED) is 0.241. The molecular weight excluding hydrogens is 555 g/mol. The van der Waals surface area contributed by atoms with Crippen LogP contribution in [0.15, 0.2) is 66.9 Å². The fourth-order valence-electron chi connectivity index (χ4n) is 5.63. The second kappa shape index (κ2) is 12.3. The Balaban J connectivity index is 1.54. The zero-order valence-electron chi connectivity index (χ0n) is 24.1. The highest BCUT2D eigenvalue weighted by Gasteiger charge is 2.34. The van der Waals surface area contributed by atoms with Crippen molar-refractivity contribution < 1.29 is 14.3 Å². The molecule has 1 saturated heterocycles. The lowest BCUT2D eigenvalue weighted by Crippen LogP contribution is -2.44. The van der Waals surface area contributed by atoms with E-state index < -0.39 is 18.0 Å². The summed E-state index contributed by atoms with van der Waals surface area (Å²) in [6, 6.07) is 16.5. The van der Waals surface area contributed by atoms with Gasteiger partial charge in [0.1, 0.15) is 11.6 Å². The lowest BCUT2D eigenvalue weighted by molar-refractivity contribution is 0.199. The molecule has 1 aliphatic heterocycles. The van der Waals surface area contributed by atoms with E-state index in [2.05, 4.69) is 38.2 Å². The van der Waals surface area contributed by atoms with E-state index in [1.807, 2.05) is 51.1 Å². The molecule has 2 heterocycles. The molecule has 1 fully saturated rings. The number of rotatable bonds is 7. The van der Waals surface area contributed by atoms with Crippen LogP contribution in [0, 0.1) is 26.6 Å². The van der Waals surface area contributed by atoms with Gasteiger partial charge in [-0.2, -0.15) is 4.98 Å². The second-order valence-corrected chi connectivity index (χ2v) is 11.2. The molecule has 5 rings (SSSR count). The molecule has 0 aliphatic carbocycles. The minimum absolute atomic E-state index is 0.0963. The number of piperazine rings is 1. The summed E-state index contributed by atoms with van der Waals surface area (Å²) in [6.07, 6.45) is 0.200. The van der Waals surface area contributed by atoms with Crippen LogP contribution >= 0.6 is 11.6 Å². The number of amides is 1. The first-order chi connectivity index (χ1) is 20.1. The molecule has 4 aromatic rings. The van der Waals surface area contributed by atoms with Crippen LogP contribution in [0.25, 0.3) is 0 Å². The Morgan fingerprint density at radius 2 is 1.74 bits per heavy atom. The van der Waals surface area contributed by atoms with Crippen LogP contribution in [0.5, 0.6) is 0 Å². The molecule has 1 unspecified atom stereocenters. The first-order valence-electron chi connectivity index (χ1n) is 13.8. The number of anilines is 4. The number of hydrogen-bond donors (Lipinski definition) is 2. The van der Waals surface area contributed by atoms with Crippen LogP contribution in [0.3, 0.4) is 0 Å². The van der Waals surface area contributed by atoms with Gasteiger partial charge in [-0.25, -0.2) is 19.1 Å². The number of aryl methyl sites for hydroxylation is 3. The molecule has 3 aromatic carbocycles. The van der Waals surface area contributed by atoms with Gasteiger partial charge in [-0.15, -0.1) is 0 Å². The highest BCUT2D eigenvalue weighted by atomic mass is 35.5. The third-order valence-corrected chi connectivity index (χ3v) is 7.82. The van der Waals surface area contributed by atoms with Gasteiger partial charge in [0.15, 0.2) is 0 Å². The fraction of sp³-hybridized carbons (Fsp3) is 0.281. The minimum atomic E-state index is -1.29. The number of aromatic nitrogens is 2. The Morgan fingerprint density at radius 3 is 2.43 bits per heavy atom. The molecule has 0 saturated carbocycles. The van der Waals surface area contributed by atoms with Gasteiger partial charge >= 0.3 is 6.09 Å². The van der Waals surface area contributed by atoms with E-state index in [0.717, 1.165) is 59.1 Å². The Labute approximate surface area is 250 Å². The van der Waals surface area contributed by atoms with Gasteiger partial charge in [0, 0.05) is 54.3 Å². The van der Waals surface area contributed by atoms with Gasteiger partial charge in [-0.1, -0.05) is 35.4 Å². The van der Waals surface area contributed by atoms with Gasteiger partial charge in [-0.05, 0) is 87.0 Å². The normalized spacial score (nSPS) is 14.5. The molecule has 1 aliphatic rings. The summed E-state index contributed by atoms with van der Waals surface area (Å²) in [7, 11) is 2.12. The van der Waals surface area contributed by atoms with Gasteiger partial charge in [0.25, 0.3) is 0 Å². The summed E-state index contributed by atoms with van der Waals surface area (Å²) >= 11 is 6.30.